The molecule has 0 spiro atoms. The van der Waals surface area contributed by atoms with Gasteiger partial charge >= 0.3 is 0 Å². The van der Waals surface area contributed by atoms with Crippen molar-refractivity contribution in [3.63, 3.8) is 0 Å². The number of nitro groups is 1. The monoisotopic (exact) mass is 477 g/mol. The summed E-state index contributed by atoms with van der Waals surface area (Å²) in [5, 5.41) is 80.6. The topological polar surface area (TPSA) is 222 Å². The van der Waals surface area contributed by atoms with Crippen LogP contribution in [0, 0.1) is 10.1 Å². The number of aliphatic hydroxyl groups excluding tert-OH is 7. The molecule has 2 aliphatic rings. The van der Waals surface area contributed by atoms with Crippen LogP contribution >= 0.6 is 0 Å². The van der Waals surface area contributed by atoms with Crippen LogP contribution < -0.4 is 0 Å². The highest BCUT2D eigenvalue weighted by Crippen LogP contribution is 2.29. The molecule has 186 valence electrons. The van der Waals surface area contributed by atoms with Crippen molar-refractivity contribution >= 4 is 5.69 Å². The lowest BCUT2D eigenvalue weighted by atomic mass is 9.97. The van der Waals surface area contributed by atoms with Crippen LogP contribution in [0.25, 0.3) is 0 Å². The summed E-state index contributed by atoms with van der Waals surface area (Å²) in [5.41, 5.74) is 0.510. The van der Waals surface area contributed by atoms with Crippen molar-refractivity contribution in [1.29, 1.82) is 0 Å². The third-order valence-corrected chi connectivity index (χ3v) is 5.50. The van der Waals surface area contributed by atoms with Crippen molar-refractivity contribution in [2.75, 3.05) is 13.2 Å². The summed E-state index contributed by atoms with van der Waals surface area (Å²) in [7, 11) is 0. The molecule has 14 heteroatoms. The average Bonchev–Trinajstić information content (AvgIpc) is 2.80. The molecule has 10 atom stereocenters. The number of aliphatic hydroxyl groups is 7. The van der Waals surface area contributed by atoms with Gasteiger partial charge in [0.25, 0.3) is 5.69 Å². The molecule has 2 heterocycles. The number of nitrogens with zero attached hydrogens (tertiary/aromatic N) is 1. The van der Waals surface area contributed by atoms with Crippen molar-refractivity contribution in [2.45, 2.75) is 68.0 Å². The van der Waals surface area contributed by atoms with Gasteiger partial charge in [-0.25, -0.2) is 0 Å². The molecule has 0 unspecified atom stereocenters. The van der Waals surface area contributed by atoms with Gasteiger partial charge in [0.2, 0.25) is 0 Å². The Morgan fingerprint density at radius 1 is 0.879 bits per heavy atom. The van der Waals surface area contributed by atoms with Gasteiger partial charge in [0.1, 0.15) is 48.8 Å². The molecule has 3 rings (SSSR count). The highest BCUT2D eigenvalue weighted by Gasteiger charge is 2.50. The molecule has 0 radical (unpaired) electrons. The van der Waals surface area contributed by atoms with Crippen LogP contribution in [-0.4, -0.2) is 115 Å². The maximum atomic E-state index is 10.7. The summed E-state index contributed by atoms with van der Waals surface area (Å²) in [6.07, 6.45) is -15.9. The number of nitro benzene ring substituents is 1. The zero-order valence-corrected chi connectivity index (χ0v) is 17.2. The lowest BCUT2D eigenvalue weighted by molar-refractivity contribution is -0.384. The van der Waals surface area contributed by atoms with Gasteiger partial charge < -0.3 is 54.7 Å². The van der Waals surface area contributed by atoms with Crippen molar-refractivity contribution in [2.24, 2.45) is 0 Å². The second-order valence-corrected chi connectivity index (χ2v) is 7.78. The Labute approximate surface area is 187 Å². The van der Waals surface area contributed by atoms with Gasteiger partial charge in [-0.3, -0.25) is 10.1 Å². The molecule has 0 aromatic heterocycles. The summed E-state index contributed by atoms with van der Waals surface area (Å²) in [6.45, 7) is -0.969. The first-order chi connectivity index (χ1) is 15.6. The van der Waals surface area contributed by atoms with E-state index >= 15 is 0 Å². The lowest BCUT2D eigenvalue weighted by Crippen LogP contribution is -2.64. The van der Waals surface area contributed by atoms with E-state index in [1.807, 2.05) is 0 Å². The third kappa shape index (κ3) is 5.82. The number of ether oxygens (including phenoxy) is 4. The molecule has 1 aromatic carbocycles. The van der Waals surface area contributed by atoms with Gasteiger partial charge in [-0.1, -0.05) is 0 Å². The second kappa shape index (κ2) is 11.1. The fraction of sp³-hybridized carbons (Fsp3) is 0.684. The van der Waals surface area contributed by atoms with Gasteiger partial charge in [-0.2, -0.15) is 0 Å². The Balaban J connectivity index is 1.60. The van der Waals surface area contributed by atoms with Gasteiger partial charge in [0, 0.05) is 12.1 Å². The molecule has 0 aliphatic carbocycles. The van der Waals surface area contributed by atoms with E-state index in [1.165, 1.54) is 24.3 Å². The van der Waals surface area contributed by atoms with E-state index in [2.05, 4.69) is 0 Å². The van der Waals surface area contributed by atoms with Crippen LogP contribution in [0.15, 0.2) is 24.3 Å². The SMILES string of the molecule is O=[N+]([O-])c1ccc(COC[C@H]2O[C@@H](O)[C@H](O)[C@@H](O[C@@H]3O[C@H](CO)[C@H](O)[C@H](O)[C@H]3O)[C@@H]2O)cc1. The van der Waals surface area contributed by atoms with Crippen LogP contribution in [-0.2, 0) is 25.6 Å². The Kier molecular flexibility index (Phi) is 8.65. The summed E-state index contributed by atoms with van der Waals surface area (Å²) in [4.78, 5) is 10.2. The smallest absolute Gasteiger partial charge is 0.269 e. The number of non-ortho nitro benzene ring substituents is 1. The minimum atomic E-state index is -1.80. The second-order valence-electron chi connectivity index (χ2n) is 7.78. The van der Waals surface area contributed by atoms with Gasteiger partial charge in [0.15, 0.2) is 12.6 Å². The van der Waals surface area contributed by atoms with Crippen molar-refractivity contribution < 1.29 is 59.6 Å². The van der Waals surface area contributed by atoms with E-state index in [9.17, 15) is 45.9 Å². The normalized spacial score (nSPS) is 39.4. The van der Waals surface area contributed by atoms with Crippen LogP contribution in [0.3, 0.4) is 0 Å². The van der Waals surface area contributed by atoms with Crippen molar-refractivity contribution in [3.8, 4) is 0 Å². The predicted molar refractivity (Wildman–Crippen MR) is 104 cm³/mol. The minimum Gasteiger partial charge on any atom is -0.394 e. The number of benzene rings is 1. The first kappa shape index (κ1) is 25.8. The van der Waals surface area contributed by atoms with E-state index in [1.54, 1.807) is 0 Å². The van der Waals surface area contributed by atoms with Gasteiger partial charge in [-0.15, -0.1) is 0 Å². The Morgan fingerprint density at radius 3 is 2.15 bits per heavy atom. The van der Waals surface area contributed by atoms with E-state index in [4.69, 9.17) is 18.9 Å². The fourth-order valence-electron chi connectivity index (χ4n) is 3.56. The molecule has 0 amide bonds. The molecular weight excluding hydrogens is 450 g/mol. The zero-order chi connectivity index (χ0) is 24.3. The van der Waals surface area contributed by atoms with Gasteiger partial charge in [-0.05, 0) is 17.7 Å². The molecule has 33 heavy (non-hydrogen) atoms. The van der Waals surface area contributed by atoms with Gasteiger partial charge in [0.05, 0.1) is 24.7 Å². The molecule has 1 aromatic rings. The Bertz CT molecular complexity index is 777. The maximum Gasteiger partial charge on any atom is 0.269 e. The number of rotatable bonds is 8. The molecular formula is C19H27NO13. The molecule has 0 bridgehead atoms. The Hall–Kier alpha value is -1.82. The van der Waals surface area contributed by atoms with Crippen LogP contribution in [0.2, 0.25) is 0 Å². The lowest BCUT2D eigenvalue weighted by Gasteiger charge is -2.45. The third-order valence-electron chi connectivity index (χ3n) is 5.50. The van der Waals surface area contributed by atoms with Crippen LogP contribution in [0.5, 0.6) is 0 Å². The average molecular weight is 477 g/mol. The highest BCUT2D eigenvalue weighted by molar-refractivity contribution is 5.32. The number of hydrogen-bond donors (Lipinski definition) is 7. The highest BCUT2D eigenvalue weighted by atomic mass is 16.7. The summed E-state index contributed by atoms with van der Waals surface area (Å²) < 4.78 is 21.2. The molecule has 2 saturated heterocycles. The summed E-state index contributed by atoms with van der Waals surface area (Å²) >= 11 is 0. The number of hydrogen-bond acceptors (Lipinski definition) is 13. The largest absolute Gasteiger partial charge is 0.394 e. The maximum absolute atomic E-state index is 10.7. The van der Waals surface area contributed by atoms with Crippen LogP contribution in [0.1, 0.15) is 5.56 Å². The predicted octanol–water partition coefficient (Wildman–Crippen LogP) is -3.26. The zero-order valence-electron chi connectivity index (χ0n) is 17.2. The molecule has 14 nitrogen and oxygen atoms in total. The van der Waals surface area contributed by atoms with Crippen molar-refractivity contribution in [1.82, 2.24) is 0 Å². The van der Waals surface area contributed by atoms with Crippen LogP contribution in [0.4, 0.5) is 5.69 Å². The molecule has 7 N–H and O–H groups in total. The van der Waals surface area contributed by atoms with E-state index in [-0.39, 0.29) is 18.9 Å². The van der Waals surface area contributed by atoms with E-state index < -0.39 is 72.9 Å². The Morgan fingerprint density at radius 2 is 1.55 bits per heavy atom. The summed E-state index contributed by atoms with van der Waals surface area (Å²) in [6, 6.07) is 5.57. The standard InChI is InChI=1S/C19H27NO13/c21-5-10-12(22)14(24)15(25)19(32-10)33-17-13(23)11(31-18(27)16(17)26)7-30-6-8-1-3-9(4-2-8)20(28)29/h1-4,10-19,21-27H,5-7H2/t10-,11-,12+,13-,14+,15-,16-,17+,18-,19+/m1/s1. The first-order valence-corrected chi connectivity index (χ1v) is 10.1. The fourth-order valence-corrected chi connectivity index (χ4v) is 3.56. The van der Waals surface area contributed by atoms with E-state index in [0.717, 1.165) is 0 Å². The quantitative estimate of drug-likeness (QED) is 0.144. The molecule has 0 saturated carbocycles. The first-order valence-electron chi connectivity index (χ1n) is 10.1. The minimum absolute atomic E-state index is 0.00145. The van der Waals surface area contributed by atoms with Crippen molar-refractivity contribution in [3.05, 3.63) is 39.9 Å². The molecule has 2 aliphatic heterocycles. The molecule has 2 fully saturated rings. The summed E-state index contributed by atoms with van der Waals surface area (Å²) in [5.74, 6) is 0. The van der Waals surface area contributed by atoms with E-state index in [0.29, 0.717) is 5.56 Å².